The van der Waals surface area contributed by atoms with Gasteiger partial charge in [0.05, 0.1) is 12.2 Å². The number of anilines is 1. The molecule has 0 radical (unpaired) electrons. The minimum absolute atomic E-state index is 0.0614. The largest absolute Gasteiger partial charge is 0.353 e. The van der Waals surface area contributed by atoms with Crippen LogP contribution in [0.4, 0.5) is 5.82 Å². The Morgan fingerprint density at radius 3 is 2.33 bits per heavy atom. The summed E-state index contributed by atoms with van der Waals surface area (Å²) in [5.74, 6) is 0.827. The molecule has 0 amide bonds. The Balaban J connectivity index is 1.55. The number of rotatable bonds is 4. The lowest BCUT2D eigenvalue weighted by Crippen LogP contribution is -2.48. The molecule has 3 rings (SSSR count). The number of hydrogen-bond donors (Lipinski definition) is 0. The molecule has 24 heavy (non-hydrogen) atoms. The van der Waals surface area contributed by atoms with Crippen molar-refractivity contribution in [2.75, 3.05) is 37.6 Å². The van der Waals surface area contributed by atoms with Crippen LogP contribution in [0.1, 0.15) is 5.69 Å². The molecule has 2 aromatic rings. The van der Waals surface area contributed by atoms with E-state index in [2.05, 4.69) is 20.0 Å². The summed E-state index contributed by atoms with van der Waals surface area (Å²) in [6.07, 6.45) is 0. The highest BCUT2D eigenvalue weighted by Crippen LogP contribution is 2.11. The van der Waals surface area contributed by atoms with Crippen molar-refractivity contribution in [3.63, 3.8) is 0 Å². The third-order valence-corrected chi connectivity index (χ3v) is 4.27. The topological polar surface area (TPSA) is 76.3 Å². The van der Waals surface area contributed by atoms with Crippen molar-refractivity contribution in [2.45, 2.75) is 13.5 Å². The molecule has 0 unspecified atom stereocenters. The summed E-state index contributed by atoms with van der Waals surface area (Å²) in [7, 11) is 1.66. The van der Waals surface area contributed by atoms with Crippen LogP contribution in [-0.2, 0) is 13.6 Å². The first-order valence-corrected chi connectivity index (χ1v) is 8.09. The number of aryl methyl sites for hydroxylation is 2. The molecule has 0 spiro atoms. The second-order valence-corrected chi connectivity index (χ2v) is 6.02. The van der Waals surface area contributed by atoms with Crippen LogP contribution in [0.5, 0.6) is 0 Å². The molecule has 128 valence electrons. The van der Waals surface area contributed by atoms with E-state index in [0.717, 1.165) is 44.2 Å². The second kappa shape index (κ2) is 6.96. The fraction of sp³-hybridized carbons (Fsp3) is 0.500. The van der Waals surface area contributed by atoms with E-state index in [0.29, 0.717) is 6.54 Å². The SMILES string of the molecule is Cc1ccc(=O)n(CCN2CCN(c3ccc(=O)n(C)n3)CC2)n1. The summed E-state index contributed by atoms with van der Waals surface area (Å²) >= 11 is 0. The summed E-state index contributed by atoms with van der Waals surface area (Å²) in [6.45, 7) is 6.76. The van der Waals surface area contributed by atoms with Gasteiger partial charge in [-0.15, -0.1) is 0 Å². The van der Waals surface area contributed by atoms with Gasteiger partial charge in [0.25, 0.3) is 11.1 Å². The minimum Gasteiger partial charge on any atom is -0.353 e. The van der Waals surface area contributed by atoms with E-state index in [1.165, 1.54) is 9.36 Å². The molecule has 0 atom stereocenters. The first-order valence-electron chi connectivity index (χ1n) is 8.09. The molecule has 1 saturated heterocycles. The zero-order valence-corrected chi connectivity index (χ0v) is 14.1. The van der Waals surface area contributed by atoms with Crippen LogP contribution >= 0.6 is 0 Å². The molecular formula is C16H22N6O2. The third kappa shape index (κ3) is 3.70. The van der Waals surface area contributed by atoms with Crippen molar-refractivity contribution in [1.29, 1.82) is 0 Å². The molecule has 1 fully saturated rings. The molecular weight excluding hydrogens is 308 g/mol. The van der Waals surface area contributed by atoms with Crippen molar-refractivity contribution >= 4 is 5.82 Å². The molecule has 0 aromatic carbocycles. The van der Waals surface area contributed by atoms with Crippen LogP contribution in [0, 0.1) is 6.92 Å². The number of hydrogen-bond acceptors (Lipinski definition) is 6. The Morgan fingerprint density at radius 1 is 0.917 bits per heavy atom. The quantitative estimate of drug-likeness (QED) is 0.750. The van der Waals surface area contributed by atoms with Gasteiger partial charge in [-0.3, -0.25) is 14.5 Å². The molecule has 8 nitrogen and oxygen atoms in total. The summed E-state index contributed by atoms with van der Waals surface area (Å²) in [5, 5.41) is 8.55. The molecule has 1 aliphatic heterocycles. The van der Waals surface area contributed by atoms with Gasteiger partial charge in [0.2, 0.25) is 0 Å². The van der Waals surface area contributed by atoms with E-state index in [1.54, 1.807) is 31.3 Å². The van der Waals surface area contributed by atoms with E-state index in [1.807, 2.05) is 6.92 Å². The van der Waals surface area contributed by atoms with Crippen molar-refractivity contribution in [3.8, 4) is 0 Å². The van der Waals surface area contributed by atoms with E-state index in [4.69, 9.17) is 0 Å². The lowest BCUT2D eigenvalue weighted by molar-refractivity contribution is 0.241. The lowest BCUT2D eigenvalue weighted by Gasteiger charge is -2.35. The fourth-order valence-electron chi connectivity index (χ4n) is 2.81. The van der Waals surface area contributed by atoms with Gasteiger partial charge in [0, 0.05) is 51.9 Å². The van der Waals surface area contributed by atoms with Crippen molar-refractivity contribution < 1.29 is 0 Å². The maximum Gasteiger partial charge on any atom is 0.266 e. The smallest absolute Gasteiger partial charge is 0.266 e. The van der Waals surface area contributed by atoms with E-state index < -0.39 is 0 Å². The van der Waals surface area contributed by atoms with Gasteiger partial charge in [-0.1, -0.05) is 0 Å². The third-order valence-electron chi connectivity index (χ3n) is 4.27. The average molecular weight is 330 g/mol. The fourth-order valence-corrected chi connectivity index (χ4v) is 2.81. The highest BCUT2D eigenvalue weighted by Gasteiger charge is 2.18. The van der Waals surface area contributed by atoms with Gasteiger partial charge in [-0.25, -0.2) is 9.36 Å². The summed E-state index contributed by atoms with van der Waals surface area (Å²) in [4.78, 5) is 27.7. The molecule has 0 bridgehead atoms. The first kappa shape index (κ1) is 16.4. The number of aromatic nitrogens is 4. The molecule has 2 aromatic heterocycles. The summed E-state index contributed by atoms with van der Waals surface area (Å²) in [5.41, 5.74) is 0.683. The van der Waals surface area contributed by atoms with E-state index >= 15 is 0 Å². The Bertz CT molecular complexity index is 820. The Morgan fingerprint density at radius 2 is 1.62 bits per heavy atom. The van der Waals surface area contributed by atoms with Crippen LogP contribution in [0.3, 0.4) is 0 Å². The average Bonchev–Trinajstić information content (AvgIpc) is 2.59. The molecule has 1 aliphatic rings. The van der Waals surface area contributed by atoms with Gasteiger partial charge in [0.1, 0.15) is 5.82 Å². The van der Waals surface area contributed by atoms with Crippen LogP contribution in [0.15, 0.2) is 33.9 Å². The van der Waals surface area contributed by atoms with Crippen LogP contribution in [-0.4, -0.2) is 57.2 Å². The molecule has 8 heteroatoms. The number of piperazine rings is 1. The lowest BCUT2D eigenvalue weighted by atomic mass is 10.3. The van der Waals surface area contributed by atoms with Crippen LogP contribution < -0.4 is 16.0 Å². The van der Waals surface area contributed by atoms with Gasteiger partial charge in [-0.05, 0) is 19.1 Å². The first-order chi connectivity index (χ1) is 11.5. The Hall–Kier alpha value is -2.48. The van der Waals surface area contributed by atoms with Gasteiger partial charge >= 0.3 is 0 Å². The summed E-state index contributed by atoms with van der Waals surface area (Å²) in [6, 6.07) is 6.61. The maximum absolute atomic E-state index is 11.8. The van der Waals surface area contributed by atoms with Gasteiger partial charge < -0.3 is 4.90 Å². The van der Waals surface area contributed by atoms with Gasteiger partial charge in [-0.2, -0.15) is 10.2 Å². The maximum atomic E-state index is 11.8. The minimum atomic E-state index is -0.103. The molecule has 3 heterocycles. The molecule has 0 N–H and O–H groups in total. The van der Waals surface area contributed by atoms with E-state index in [9.17, 15) is 9.59 Å². The highest BCUT2D eigenvalue weighted by atomic mass is 16.1. The normalized spacial score (nSPS) is 15.7. The molecule has 0 aliphatic carbocycles. The monoisotopic (exact) mass is 330 g/mol. The van der Waals surface area contributed by atoms with Crippen molar-refractivity contribution in [3.05, 3.63) is 50.7 Å². The predicted octanol–water partition coefficient (Wildman–Crippen LogP) is -0.532. The van der Waals surface area contributed by atoms with Crippen LogP contribution in [0.25, 0.3) is 0 Å². The second-order valence-electron chi connectivity index (χ2n) is 6.02. The Kier molecular flexibility index (Phi) is 4.75. The van der Waals surface area contributed by atoms with E-state index in [-0.39, 0.29) is 11.1 Å². The van der Waals surface area contributed by atoms with Crippen LogP contribution in [0.2, 0.25) is 0 Å². The predicted molar refractivity (Wildman–Crippen MR) is 91.4 cm³/mol. The zero-order valence-electron chi connectivity index (χ0n) is 14.1. The molecule has 0 saturated carbocycles. The number of nitrogens with zero attached hydrogens (tertiary/aromatic N) is 6. The summed E-state index contributed by atoms with van der Waals surface area (Å²) < 4.78 is 2.88. The highest BCUT2D eigenvalue weighted by molar-refractivity contribution is 5.37. The standard InChI is InChI=1S/C16H22N6O2/c1-13-3-5-16(24)22(17-13)12-9-20-7-10-21(11-8-20)14-4-6-15(23)19(2)18-14/h3-6H,7-12H2,1-2H3. The van der Waals surface area contributed by atoms with Crippen molar-refractivity contribution in [2.24, 2.45) is 7.05 Å². The Labute approximate surface area is 139 Å². The van der Waals surface area contributed by atoms with Gasteiger partial charge in [0.15, 0.2) is 0 Å². The zero-order chi connectivity index (χ0) is 17.1. The van der Waals surface area contributed by atoms with Crippen molar-refractivity contribution in [1.82, 2.24) is 24.5 Å².